The third kappa shape index (κ3) is 3.26. The number of carboxylic acids is 1. The van der Waals surface area contributed by atoms with E-state index in [-0.39, 0.29) is 11.8 Å². The van der Waals surface area contributed by atoms with E-state index >= 15 is 0 Å². The van der Waals surface area contributed by atoms with Crippen molar-refractivity contribution < 1.29 is 9.90 Å². The van der Waals surface area contributed by atoms with Gasteiger partial charge in [0.1, 0.15) is 0 Å². The second kappa shape index (κ2) is 5.76. The molecule has 1 fully saturated rings. The van der Waals surface area contributed by atoms with Crippen molar-refractivity contribution in [3.63, 3.8) is 0 Å². The average Bonchev–Trinajstić information content (AvgIpc) is 2.79. The molecule has 1 aromatic heterocycles. The Bertz CT molecular complexity index is 656. The van der Waals surface area contributed by atoms with Crippen molar-refractivity contribution in [2.75, 3.05) is 0 Å². The highest BCUT2D eigenvalue weighted by Gasteiger charge is 2.35. The van der Waals surface area contributed by atoms with E-state index in [1.54, 1.807) is 11.3 Å². The van der Waals surface area contributed by atoms with Crippen molar-refractivity contribution in [3.05, 3.63) is 28.8 Å². The predicted molar refractivity (Wildman–Crippen MR) is 85.8 cm³/mol. The largest absolute Gasteiger partial charge is 0.481 e. The van der Waals surface area contributed by atoms with Crippen LogP contribution in [0.25, 0.3) is 10.2 Å². The first kappa shape index (κ1) is 14.5. The maximum absolute atomic E-state index is 11.3. The summed E-state index contributed by atoms with van der Waals surface area (Å²) in [4.78, 5) is 16.0. The van der Waals surface area contributed by atoms with Crippen LogP contribution in [0.3, 0.4) is 0 Å². The Morgan fingerprint density at radius 1 is 1.33 bits per heavy atom. The highest BCUT2D eigenvalue weighted by molar-refractivity contribution is 7.18. The molecule has 1 N–H and O–H groups in total. The summed E-state index contributed by atoms with van der Waals surface area (Å²) in [5.41, 5.74) is 2.21. The Hall–Kier alpha value is -1.42. The van der Waals surface area contributed by atoms with E-state index in [4.69, 9.17) is 4.98 Å². The zero-order valence-corrected chi connectivity index (χ0v) is 13.2. The molecule has 1 aliphatic carbocycles. The minimum atomic E-state index is -0.672. The second-order valence-corrected chi connectivity index (χ2v) is 7.50. The molecule has 0 radical (unpaired) electrons. The van der Waals surface area contributed by atoms with Gasteiger partial charge in [-0.15, -0.1) is 11.3 Å². The number of rotatable bonds is 4. The summed E-state index contributed by atoms with van der Waals surface area (Å²) in [6, 6.07) is 6.32. The van der Waals surface area contributed by atoms with Gasteiger partial charge in [0.05, 0.1) is 21.6 Å². The number of aliphatic carboxylic acids is 1. The van der Waals surface area contributed by atoms with Crippen molar-refractivity contribution in [1.82, 2.24) is 4.98 Å². The maximum atomic E-state index is 11.3. The van der Waals surface area contributed by atoms with Crippen LogP contribution in [-0.2, 0) is 11.2 Å². The molecule has 0 aliphatic heterocycles. The Kier molecular flexibility index (Phi) is 3.98. The van der Waals surface area contributed by atoms with Gasteiger partial charge in [0, 0.05) is 6.42 Å². The highest BCUT2D eigenvalue weighted by atomic mass is 32.1. The zero-order chi connectivity index (χ0) is 14.9. The molecule has 3 nitrogen and oxygen atoms in total. The van der Waals surface area contributed by atoms with Gasteiger partial charge in [-0.1, -0.05) is 25.3 Å². The maximum Gasteiger partial charge on any atom is 0.303 e. The Labute approximate surface area is 129 Å². The average molecular weight is 303 g/mol. The number of benzene rings is 1. The molecule has 1 aromatic carbocycles. The standard InChI is InChI=1S/C17H21NO2S/c1-12-5-6-13-14(9-12)21-15(18-13)10-17(11-16(19)20)7-3-2-4-8-17/h5-6,9H,2-4,7-8,10-11H2,1H3,(H,19,20). The van der Waals surface area contributed by atoms with Gasteiger partial charge in [-0.2, -0.15) is 0 Å². The van der Waals surface area contributed by atoms with Gasteiger partial charge in [0.15, 0.2) is 0 Å². The number of hydrogen-bond acceptors (Lipinski definition) is 3. The lowest BCUT2D eigenvalue weighted by Gasteiger charge is -2.35. The third-order valence-corrected chi connectivity index (χ3v) is 5.57. The molecule has 1 heterocycles. The molecule has 0 bridgehead atoms. The second-order valence-electron chi connectivity index (χ2n) is 6.39. The van der Waals surface area contributed by atoms with Crippen molar-refractivity contribution in [2.24, 2.45) is 5.41 Å². The summed E-state index contributed by atoms with van der Waals surface area (Å²) in [7, 11) is 0. The van der Waals surface area contributed by atoms with E-state index in [9.17, 15) is 9.90 Å². The minimum Gasteiger partial charge on any atom is -0.481 e. The first-order valence-corrected chi connectivity index (χ1v) is 8.46. The topological polar surface area (TPSA) is 50.2 Å². The summed E-state index contributed by atoms with van der Waals surface area (Å²) in [6.45, 7) is 2.09. The van der Waals surface area contributed by atoms with E-state index in [0.29, 0.717) is 0 Å². The molecule has 0 spiro atoms. The molecule has 21 heavy (non-hydrogen) atoms. The predicted octanol–water partition coefficient (Wildman–Crippen LogP) is 4.57. The first-order valence-electron chi connectivity index (χ1n) is 7.64. The van der Waals surface area contributed by atoms with Crippen LogP contribution in [0.15, 0.2) is 18.2 Å². The molecule has 112 valence electrons. The van der Waals surface area contributed by atoms with Crippen LogP contribution in [0.4, 0.5) is 0 Å². The van der Waals surface area contributed by atoms with Crippen molar-refractivity contribution in [1.29, 1.82) is 0 Å². The Morgan fingerprint density at radius 3 is 2.81 bits per heavy atom. The Balaban J connectivity index is 1.88. The molecule has 3 rings (SSSR count). The number of fused-ring (bicyclic) bond motifs is 1. The van der Waals surface area contributed by atoms with Gasteiger partial charge >= 0.3 is 5.97 Å². The van der Waals surface area contributed by atoms with Gasteiger partial charge in [-0.05, 0) is 42.9 Å². The van der Waals surface area contributed by atoms with Gasteiger partial charge in [0.2, 0.25) is 0 Å². The van der Waals surface area contributed by atoms with Gasteiger partial charge in [0.25, 0.3) is 0 Å². The molecule has 0 atom stereocenters. The molecule has 1 saturated carbocycles. The van der Waals surface area contributed by atoms with E-state index in [1.165, 1.54) is 16.7 Å². The van der Waals surface area contributed by atoms with Crippen molar-refractivity contribution in [3.8, 4) is 0 Å². The SMILES string of the molecule is Cc1ccc2nc(CC3(CC(=O)O)CCCCC3)sc2c1. The number of carboxylic acid groups (broad SMARTS) is 1. The molecule has 2 aromatic rings. The van der Waals surface area contributed by atoms with Gasteiger partial charge in [-0.25, -0.2) is 4.98 Å². The van der Waals surface area contributed by atoms with E-state index in [2.05, 4.69) is 25.1 Å². The van der Waals surface area contributed by atoms with Gasteiger partial charge in [-0.3, -0.25) is 4.79 Å². The fourth-order valence-corrected chi connectivity index (χ4v) is 4.75. The summed E-state index contributed by atoms with van der Waals surface area (Å²) in [6.07, 6.45) is 6.68. The van der Waals surface area contributed by atoms with Crippen LogP contribution in [-0.4, -0.2) is 16.1 Å². The molecule has 0 saturated heterocycles. The van der Waals surface area contributed by atoms with Crippen LogP contribution >= 0.6 is 11.3 Å². The quantitative estimate of drug-likeness (QED) is 0.900. The summed E-state index contributed by atoms with van der Waals surface area (Å²) in [5.74, 6) is -0.672. The normalized spacial score (nSPS) is 18.0. The van der Waals surface area contributed by atoms with E-state index in [1.807, 2.05) is 0 Å². The van der Waals surface area contributed by atoms with E-state index < -0.39 is 5.97 Å². The molecule has 0 amide bonds. The number of aromatic nitrogens is 1. The lowest BCUT2D eigenvalue weighted by Crippen LogP contribution is -2.29. The molecular weight excluding hydrogens is 282 g/mol. The molecular formula is C17H21NO2S. The molecule has 0 unspecified atom stereocenters. The number of carbonyl (C=O) groups is 1. The summed E-state index contributed by atoms with van der Waals surface area (Å²) >= 11 is 1.73. The number of nitrogens with zero attached hydrogens (tertiary/aromatic N) is 1. The first-order chi connectivity index (χ1) is 10.1. The molecule has 1 aliphatic rings. The zero-order valence-electron chi connectivity index (χ0n) is 12.4. The third-order valence-electron chi connectivity index (χ3n) is 4.55. The van der Waals surface area contributed by atoms with Crippen LogP contribution in [0.2, 0.25) is 0 Å². The fraction of sp³-hybridized carbons (Fsp3) is 0.529. The van der Waals surface area contributed by atoms with Crippen LogP contribution < -0.4 is 0 Å². The Morgan fingerprint density at radius 2 is 2.10 bits per heavy atom. The fourth-order valence-electron chi connectivity index (χ4n) is 3.51. The highest BCUT2D eigenvalue weighted by Crippen LogP contribution is 2.43. The number of hydrogen-bond donors (Lipinski definition) is 1. The van der Waals surface area contributed by atoms with Crippen LogP contribution in [0.5, 0.6) is 0 Å². The van der Waals surface area contributed by atoms with Crippen molar-refractivity contribution in [2.45, 2.75) is 51.9 Å². The van der Waals surface area contributed by atoms with Gasteiger partial charge < -0.3 is 5.11 Å². The number of thiazole rings is 1. The smallest absolute Gasteiger partial charge is 0.303 e. The van der Waals surface area contributed by atoms with E-state index in [0.717, 1.165) is 42.6 Å². The van der Waals surface area contributed by atoms with Crippen molar-refractivity contribution >= 4 is 27.5 Å². The molecule has 4 heteroatoms. The number of aryl methyl sites for hydroxylation is 1. The summed E-state index contributed by atoms with van der Waals surface area (Å²) < 4.78 is 1.21. The lowest BCUT2D eigenvalue weighted by atomic mass is 9.70. The summed E-state index contributed by atoms with van der Waals surface area (Å²) in [5, 5.41) is 10.4. The lowest BCUT2D eigenvalue weighted by molar-refractivity contribution is -0.140. The monoisotopic (exact) mass is 303 g/mol. The minimum absolute atomic E-state index is 0.0764. The van der Waals surface area contributed by atoms with Crippen LogP contribution in [0, 0.1) is 12.3 Å². The van der Waals surface area contributed by atoms with Crippen LogP contribution in [0.1, 0.15) is 49.1 Å².